The summed E-state index contributed by atoms with van der Waals surface area (Å²) in [4.78, 5) is 34.4. The van der Waals surface area contributed by atoms with E-state index < -0.39 is 22.1 Å². The standard InChI is InChI=1S/C15H19N3O4S/c1-15(2)13(14(20)21)18(17-22)12(23-15)9-16-11(19)8-10-6-4-3-5-7-10/h3-7,12-13H,8-9H2,1-2H3,(H,16,19)(H,20,21). The van der Waals surface area contributed by atoms with Crippen molar-refractivity contribution in [2.75, 3.05) is 6.54 Å². The molecule has 1 aliphatic heterocycles. The Kier molecular flexibility index (Phi) is 5.25. The Morgan fingerprint density at radius 2 is 2.00 bits per heavy atom. The average molecular weight is 337 g/mol. The Morgan fingerprint density at radius 1 is 1.35 bits per heavy atom. The van der Waals surface area contributed by atoms with Gasteiger partial charge in [0, 0.05) is 11.3 Å². The Balaban J connectivity index is 1.96. The molecule has 0 bridgehead atoms. The monoisotopic (exact) mass is 337 g/mol. The van der Waals surface area contributed by atoms with Crippen LogP contribution in [0, 0.1) is 4.91 Å². The lowest BCUT2D eigenvalue weighted by atomic mass is 10.0. The smallest absolute Gasteiger partial charge is 0.329 e. The van der Waals surface area contributed by atoms with E-state index in [4.69, 9.17) is 0 Å². The summed E-state index contributed by atoms with van der Waals surface area (Å²) in [6.45, 7) is 3.66. The molecule has 0 aliphatic carbocycles. The second kappa shape index (κ2) is 6.99. The predicted molar refractivity (Wildman–Crippen MR) is 87.7 cm³/mol. The van der Waals surface area contributed by atoms with Gasteiger partial charge in [0.25, 0.3) is 0 Å². The summed E-state index contributed by atoms with van der Waals surface area (Å²) in [6.07, 6.45) is 0.235. The summed E-state index contributed by atoms with van der Waals surface area (Å²) in [5.41, 5.74) is 0.887. The molecule has 7 nitrogen and oxygen atoms in total. The van der Waals surface area contributed by atoms with Gasteiger partial charge in [-0.3, -0.25) is 4.79 Å². The normalized spacial score (nSPS) is 22.6. The van der Waals surface area contributed by atoms with Crippen LogP contribution in [0.25, 0.3) is 0 Å². The van der Waals surface area contributed by atoms with Crippen molar-refractivity contribution >= 4 is 23.6 Å². The number of thioether (sulfide) groups is 1. The van der Waals surface area contributed by atoms with Crippen LogP contribution >= 0.6 is 11.8 Å². The van der Waals surface area contributed by atoms with Crippen LogP contribution in [0.4, 0.5) is 0 Å². The molecule has 0 spiro atoms. The number of carbonyl (C=O) groups excluding carboxylic acids is 1. The zero-order chi connectivity index (χ0) is 17.0. The maximum absolute atomic E-state index is 12.0. The topological polar surface area (TPSA) is 99.1 Å². The van der Waals surface area contributed by atoms with E-state index in [2.05, 4.69) is 10.6 Å². The Hall–Kier alpha value is -2.09. The third kappa shape index (κ3) is 4.01. The fourth-order valence-electron chi connectivity index (χ4n) is 2.64. The number of carbonyl (C=O) groups is 2. The molecule has 0 saturated carbocycles. The molecule has 124 valence electrons. The minimum Gasteiger partial charge on any atom is -0.480 e. The minimum absolute atomic E-state index is 0.162. The van der Waals surface area contributed by atoms with E-state index in [1.54, 1.807) is 13.8 Å². The maximum Gasteiger partial charge on any atom is 0.329 e. The highest BCUT2D eigenvalue weighted by molar-refractivity contribution is 8.01. The highest BCUT2D eigenvalue weighted by atomic mass is 32.2. The number of aliphatic carboxylic acids is 1. The predicted octanol–water partition coefficient (Wildman–Crippen LogP) is 1.63. The molecule has 2 N–H and O–H groups in total. The minimum atomic E-state index is -1.10. The summed E-state index contributed by atoms with van der Waals surface area (Å²) in [6, 6.07) is 8.28. The first kappa shape index (κ1) is 17.3. The lowest BCUT2D eigenvalue weighted by molar-refractivity contribution is -0.144. The molecule has 1 aromatic rings. The molecule has 2 unspecified atom stereocenters. The van der Waals surface area contributed by atoms with E-state index in [1.165, 1.54) is 11.8 Å². The molecule has 8 heteroatoms. The quantitative estimate of drug-likeness (QED) is 0.766. The maximum atomic E-state index is 12.0. The van der Waals surface area contributed by atoms with E-state index in [9.17, 15) is 19.6 Å². The number of nitrogens with zero attached hydrogens (tertiary/aromatic N) is 2. The van der Waals surface area contributed by atoms with Gasteiger partial charge in [-0.05, 0) is 19.4 Å². The third-order valence-corrected chi connectivity index (χ3v) is 5.15. The van der Waals surface area contributed by atoms with Gasteiger partial charge in [-0.15, -0.1) is 16.7 Å². The fourth-order valence-corrected chi connectivity index (χ4v) is 4.12. The van der Waals surface area contributed by atoms with Gasteiger partial charge in [0.05, 0.1) is 11.7 Å². The summed E-state index contributed by atoms with van der Waals surface area (Å²) in [5.74, 6) is -1.28. The summed E-state index contributed by atoms with van der Waals surface area (Å²) in [7, 11) is 0. The van der Waals surface area contributed by atoms with Crippen molar-refractivity contribution in [3.05, 3.63) is 40.8 Å². The number of nitrogens with one attached hydrogen (secondary N) is 1. The van der Waals surface area contributed by atoms with E-state index in [0.29, 0.717) is 0 Å². The second-order valence-corrected chi connectivity index (χ2v) is 7.68. The van der Waals surface area contributed by atoms with Crippen LogP contribution in [0.1, 0.15) is 19.4 Å². The molecular weight excluding hydrogens is 318 g/mol. The molecule has 1 fully saturated rings. The number of rotatable bonds is 6. The van der Waals surface area contributed by atoms with Crippen LogP contribution in [0.3, 0.4) is 0 Å². The highest BCUT2D eigenvalue weighted by Gasteiger charge is 2.52. The van der Waals surface area contributed by atoms with Crippen molar-refractivity contribution in [1.82, 2.24) is 10.3 Å². The van der Waals surface area contributed by atoms with Gasteiger partial charge in [0.15, 0.2) is 6.04 Å². The molecule has 2 rings (SSSR count). The van der Waals surface area contributed by atoms with Crippen molar-refractivity contribution in [2.24, 2.45) is 5.29 Å². The largest absolute Gasteiger partial charge is 0.480 e. The number of carboxylic acids is 1. The van der Waals surface area contributed by atoms with Gasteiger partial charge in [-0.25, -0.2) is 9.80 Å². The number of benzene rings is 1. The first-order valence-corrected chi connectivity index (χ1v) is 8.06. The number of carboxylic acid groups (broad SMARTS) is 1. The summed E-state index contributed by atoms with van der Waals surface area (Å²) < 4.78 is -0.672. The van der Waals surface area contributed by atoms with Crippen LogP contribution < -0.4 is 5.32 Å². The first-order chi connectivity index (χ1) is 10.8. The van der Waals surface area contributed by atoms with Crippen molar-refractivity contribution < 1.29 is 14.7 Å². The third-order valence-electron chi connectivity index (χ3n) is 3.67. The molecule has 0 aromatic heterocycles. The highest BCUT2D eigenvalue weighted by Crippen LogP contribution is 2.44. The number of amides is 1. The molecular formula is C15H19N3O4S. The first-order valence-electron chi connectivity index (χ1n) is 7.18. The summed E-state index contributed by atoms with van der Waals surface area (Å²) >= 11 is 1.32. The van der Waals surface area contributed by atoms with Crippen LogP contribution in [0.5, 0.6) is 0 Å². The molecule has 2 atom stereocenters. The van der Waals surface area contributed by atoms with E-state index in [1.807, 2.05) is 30.3 Å². The fraction of sp³-hybridized carbons (Fsp3) is 0.467. The second-order valence-electron chi connectivity index (χ2n) is 5.84. The Labute approximate surface area is 138 Å². The van der Waals surface area contributed by atoms with Gasteiger partial charge in [-0.2, -0.15) is 0 Å². The van der Waals surface area contributed by atoms with Gasteiger partial charge in [-0.1, -0.05) is 30.3 Å². The van der Waals surface area contributed by atoms with E-state index >= 15 is 0 Å². The molecule has 1 saturated heterocycles. The van der Waals surface area contributed by atoms with E-state index in [0.717, 1.165) is 10.6 Å². The molecule has 23 heavy (non-hydrogen) atoms. The van der Waals surface area contributed by atoms with Crippen LogP contribution in [-0.2, 0) is 16.0 Å². The zero-order valence-electron chi connectivity index (χ0n) is 12.9. The lowest BCUT2D eigenvalue weighted by Gasteiger charge is -2.24. The summed E-state index contributed by atoms with van der Waals surface area (Å²) in [5, 5.41) is 15.4. The molecule has 1 heterocycles. The zero-order valence-corrected chi connectivity index (χ0v) is 13.7. The van der Waals surface area contributed by atoms with Gasteiger partial charge >= 0.3 is 5.97 Å². The Morgan fingerprint density at radius 3 is 2.57 bits per heavy atom. The number of hydrogen-bond acceptors (Lipinski definition) is 5. The van der Waals surface area contributed by atoms with Crippen molar-refractivity contribution in [2.45, 2.75) is 36.4 Å². The molecule has 0 radical (unpaired) electrons. The van der Waals surface area contributed by atoms with Crippen molar-refractivity contribution in [3.63, 3.8) is 0 Å². The van der Waals surface area contributed by atoms with Crippen molar-refractivity contribution in [1.29, 1.82) is 0 Å². The Bertz CT molecular complexity index is 594. The van der Waals surface area contributed by atoms with Crippen molar-refractivity contribution in [3.8, 4) is 0 Å². The van der Waals surface area contributed by atoms with E-state index in [-0.39, 0.29) is 18.9 Å². The van der Waals surface area contributed by atoms with Crippen LogP contribution in [-0.4, -0.2) is 44.7 Å². The van der Waals surface area contributed by atoms with Gasteiger partial charge in [0.1, 0.15) is 5.37 Å². The number of hydrogen-bond donors (Lipinski definition) is 2. The lowest BCUT2D eigenvalue weighted by Crippen LogP contribution is -2.47. The molecule has 1 aliphatic rings. The SMILES string of the molecule is CC1(C)SC(CNC(=O)Cc2ccccc2)N(N=O)C1C(=O)O. The molecule has 1 aromatic carbocycles. The van der Waals surface area contributed by atoms with Gasteiger partial charge < -0.3 is 10.4 Å². The number of nitroso groups, excluding NO2 is 1. The average Bonchev–Trinajstić information content (AvgIpc) is 2.76. The van der Waals surface area contributed by atoms with Crippen LogP contribution in [0.15, 0.2) is 35.6 Å². The molecule has 1 amide bonds. The van der Waals surface area contributed by atoms with Crippen LogP contribution in [0.2, 0.25) is 0 Å². The van der Waals surface area contributed by atoms with Gasteiger partial charge in [0.2, 0.25) is 5.91 Å².